The zero-order valence-electron chi connectivity index (χ0n) is 17.5. The number of hydrogen-bond acceptors (Lipinski definition) is 5. The minimum atomic E-state index is -0.594. The van der Waals surface area contributed by atoms with Gasteiger partial charge in [0, 0.05) is 27.7 Å². The summed E-state index contributed by atoms with van der Waals surface area (Å²) in [5.74, 6) is -0.398. The Hall–Kier alpha value is -3.16. The average Bonchev–Trinajstić information content (AvgIpc) is 2.75. The van der Waals surface area contributed by atoms with Crippen LogP contribution >= 0.6 is 23.2 Å². The van der Waals surface area contributed by atoms with Crippen molar-refractivity contribution in [1.29, 1.82) is 0 Å². The van der Waals surface area contributed by atoms with Crippen LogP contribution in [0.4, 0.5) is 4.79 Å². The fourth-order valence-corrected chi connectivity index (χ4v) is 3.45. The molecule has 3 aromatic rings. The smallest absolute Gasteiger partial charge is 0.407 e. The van der Waals surface area contributed by atoms with Crippen molar-refractivity contribution >= 4 is 35.1 Å². The van der Waals surface area contributed by atoms with E-state index in [1.54, 1.807) is 55.5 Å². The highest BCUT2D eigenvalue weighted by Crippen LogP contribution is 2.33. The highest BCUT2D eigenvalue weighted by molar-refractivity contribution is 6.31. The minimum Gasteiger partial charge on any atom is -0.450 e. The number of halogens is 2. The second kappa shape index (κ2) is 10.4. The van der Waals surface area contributed by atoms with Gasteiger partial charge in [0.1, 0.15) is 0 Å². The van der Waals surface area contributed by atoms with Crippen molar-refractivity contribution in [3.8, 4) is 22.4 Å². The lowest BCUT2D eigenvalue weighted by atomic mass is 9.94. The number of carbonyl (C=O) groups is 2. The van der Waals surface area contributed by atoms with Gasteiger partial charge in [0.05, 0.1) is 24.4 Å². The lowest BCUT2D eigenvalue weighted by Gasteiger charge is -2.16. The summed E-state index contributed by atoms with van der Waals surface area (Å²) in [6.45, 7) is 3.42. The van der Waals surface area contributed by atoms with E-state index in [0.717, 1.165) is 0 Å². The molecular weight excluding hydrogens is 453 g/mol. The van der Waals surface area contributed by atoms with Crippen molar-refractivity contribution in [3.05, 3.63) is 74.5 Å². The number of hydrogen-bond donors (Lipinski definition) is 1. The number of Topliss-reactive ketones (excluding diaryl/α,β-unsaturated/α-hetero) is 1. The van der Waals surface area contributed by atoms with Crippen LogP contribution in [0.25, 0.3) is 22.4 Å². The van der Waals surface area contributed by atoms with Crippen molar-refractivity contribution in [2.24, 2.45) is 0 Å². The number of nitrogens with zero attached hydrogens (tertiary/aromatic N) is 2. The van der Waals surface area contributed by atoms with Gasteiger partial charge in [-0.05, 0) is 43.7 Å². The molecule has 1 amide bonds. The summed E-state index contributed by atoms with van der Waals surface area (Å²) in [5, 5.41) is 8.16. The van der Waals surface area contributed by atoms with Crippen LogP contribution in [0.15, 0.2) is 53.3 Å². The number of benzene rings is 2. The van der Waals surface area contributed by atoms with E-state index in [1.165, 1.54) is 11.6 Å². The SMILES string of the molecule is CCOC(=O)NCCn1nc(-c2ccc(Cl)cc2)c(-c2ccc(Cl)cc2)c(C(C)=O)c1=O. The molecular formula is C23H21Cl2N3O4. The highest BCUT2D eigenvalue weighted by Gasteiger charge is 2.23. The number of amides is 1. The van der Waals surface area contributed by atoms with Gasteiger partial charge in [0.15, 0.2) is 5.78 Å². The number of aromatic nitrogens is 2. The van der Waals surface area contributed by atoms with Crippen molar-refractivity contribution in [2.45, 2.75) is 20.4 Å². The van der Waals surface area contributed by atoms with E-state index in [4.69, 9.17) is 27.9 Å². The molecule has 3 rings (SSSR count). The maximum absolute atomic E-state index is 13.2. The Bertz CT molecular complexity index is 1190. The van der Waals surface area contributed by atoms with Gasteiger partial charge in [-0.1, -0.05) is 47.5 Å². The van der Waals surface area contributed by atoms with Gasteiger partial charge in [0.25, 0.3) is 5.56 Å². The first-order valence-electron chi connectivity index (χ1n) is 9.90. The van der Waals surface area contributed by atoms with Crippen LogP contribution in [0.1, 0.15) is 24.2 Å². The molecule has 2 aromatic carbocycles. The molecule has 1 N–H and O–H groups in total. The van der Waals surface area contributed by atoms with Gasteiger partial charge in [-0.2, -0.15) is 5.10 Å². The second-order valence-corrected chi connectivity index (χ2v) is 7.72. The van der Waals surface area contributed by atoms with E-state index in [2.05, 4.69) is 10.4 Å². The van der Waals surface area contributed by atoms with Crippen LogP contribution in [0.2, 0.25) is 10.0 Å². The zero-order chi connectivity index (χ0) is 23.3. The monoisotopic (exact) mass is 473 g/mol. The van der Waals surface area contributed by atoms with Crippen LogP contribution in [-0.2, 0) is 11.3 Å². The molecule has 0 bridgehead atoms. The molecule has 0 saturated heterocycles. The molecule has 0 aliphatic rings. The molecule has 32 heavy (non-hydrogen) atoms. The number of ketones is 1. The summed E-state index contributed by atoms with van der Waals surface area (Å²) in [6, 6.07) is 13.8. The second-order valence-electron chi connectivity index (χ2n) is 6.84. The van der Waals surface area contributed by atoms with Crippen LogP contribution in [0, 0.1) is 0 Å². The van der Waals surface area contributed by atoms with E-state index >= 15 is 0 Å². The van der Waals surface area contributed by atoms with Crippen molar-refractivity contribution in [1.82, 2.24) is 15.1 Å². The third kappa shape index (κ3) is 5.36. The Morgan fingerprint density at radius 2 is 1.56 bits per heavy atom. The molecule has 0 atom stereocenters. The van der Waals surface area contributed by atoms with Gasteiger partial charge >= 0.3 is 6.09 Å². The Kier molecular flexibility index (Phi) is 7.66. The van der Waals surface area contributed by atoms with Crippen LogP contribution < -0.4 is 10.9 Å². The Morgan fingerprint density at radius 1 is 1.00 bits per heavy atom. The Morgan fingerprint density at radius 3 is 2.09 bits per heavy atom. The normalized spacial score (nSPS) is 10.6. The van der Waals surface area contributed by atoms with Crippen molar-refractivity contribution in [2.75, 3.05) is 13.2 Å². The third-order valence-corrected chi connectivity index (χ3v) is 5.13. The van der Waals surface area contributed by atoms with E-state index in [0.29, 0.717) is 32.4 Å². The molecule has 0 saturated carbocycles. The Balaban J connectivity index is 2.18. The molecule has 0 aliphatic heterocycles. The summed E-state index contributed by atoms with van der Waals surface area (Å²) in [6.07, 6.45) is -0.594. The number of carbonyl (C=O) groups excluding carboxylic acids is 2. The van der Waals surface area contributed by atoms with E-state index < -0.39 is 17.4 Å². The van der Waals surface area contributed by atoms with Crippen LogP contribution in [-0.4, -0.2) is 34.8 Å². The lowest BCUT2D eigenvalue weighted by molar-refractivity contribution is 0.101. The number of nitrogens with one attached hydrogen (secondary N) is 1. The zero-order valence-corrected chi connectivity index (χ0v) is 19.0. The van der Waals surface area contributed by atoms with E-state index in [1.807, 2.05) is 0 Å². The van der Waals surface area contributed by atoms with Crippen LogP contribution in [0.5, 0.6) is 0 Å². The molecule has 0 spiro atoms. The maximum Gasteiger partial charge on any atom is 0.407 e. The molecule has 1 heterocycles. The van der Waals surface area contributed by atoms with E-state index in [9.17, 15) is 14.4 Å². The first-order chi connectivity index (χ1) is 15.3. The highest BCUT2D eigenvalue weighted by atomic mass is 35.5. The third-order valence-electron chi connectivity index (χ3n) is 4.63. The summed E-state index contributed by atoms with van der Waals surface area (Å²) in [5.41, 5.74) is 1.61. The molecule has 1 aromatic heterocycles. The van der Waals surface area contributed by atoms with Crippen LogP contribution in [0.3, 0.4) is 0 Å². The van der Waals surface area contributed by atoms with Crippen molar-refractivity contribution < 1.29 is 14.3 Å². The molecule has 9 heteroatoms. The summed E-state index contributed by atoms with van der Waals surface area (Å²) in [4.78, 5) is 37.4. The number of rotatable bonds is 7. The topological polar surface area (TPSA) is 90.3 Å². The number of ether oxygens (including phenoxy) is 1. The molecule has 0 unspecified atom stereocenters. The van der Waals surface area contributed by atoms with E-state index in [-0.39, 0.29) is 25.3 Å². The minimum absolute atomic E-state index is 0.00315. The first-order valence-corrected chi connectivity index (χ1v) is 10.7. The largest absolute Gasteiger partial charge is 0.450 e. The summed E-state index contributed by atoms with van der Waals surface area (Å²) in [7, 11) is 0. The van der Waals surface area contributed by atoms with Gasteiger partial charge in [-0.25, -0.2) is 9.48 Å². The quantitative estimate of drug-likeness (QED) is 0.496. The molecule has 7 nitrogen and oxygen atoms in total. The maximum atomic E-state index is 13.2. The predicted octanol–water partition coefficient (Wildman–Crippen LogP) is 4.83. The summed E-state index contributed by atoms with van der Waals surface area (Å²) < 4.78 is 6.00. The standard InChI is InChI=1S/C23H21Cl2N3O4/c1-3-32-23(31)26-12-13-28-22(30)19(14(2)29)20(15-4-8-17(24)9-5-15)21(27-28)16-6-10-18(25)11-7-16/h4-11H,3,12-13H2,1-2H3,(H,26,31). The van der Waals surface area contributed by atoms with Gasteiger partial charge in [0.2, 0.25) is 0 Å². The molecule has 0 radical (unpaired) electrons. The first kappa shape index (κ1) is 23.5. The predicted molar refractivity (Wildman–Crippen MR) is 124 cm³/mol. The fraction of sp³-hybridized carbons (Fsp3) is 0.217. The molecule has 0 aliphatic carbocycles. The van der Waals surface area contributed by atoms with Gasteiger partial charge in [-0.3, -0.25) is 9.59 Å². The fourth-order valence-electron chi connectivity index (χ4n) is 3.20. The Labute approximate surface area is 194 Å². The molecule has 0 fully saturated rings. The van der Waals surface area contributed by atoms with Gasteiger partial charge in [-0.15, -0.1) is 0 Å². The lowest BCUT2D eigenvalue weighted by Crippen LogP contribution is -2.35. The number of alkyl carbamates (subject to hydrolysis) is 1. The summed E-state index contributed by atoms with van der Waals surface area (Å²) >= 11 is 12.1. The molecule has 166 valence electrons. The van der Waals surface area contributed by atoms with Gasteiger partial charge < -0.3 is 10.1 Å². The van der Waals surface area contributed by atoms with Crippen molar-refractivity contribution in [3.63, 3.8) is 0 Å². The average molecular weight is 474 g/mol.